The molecule has 0 aromatic heterocycles. The van der Waals surface area contributed by atoms with Gasteiger partial charge in [0.15, 0.2) is 0 Å². The average Bonchev–Trinajstić information content (AvgIpc) is 2.29. The number of amides is 2. The van der Waals surface area contributed by atoms with E-state index in [4.69, 9.17) is 0 Å². The maximum Gasteiger partial charge on any atom is 0.242 e. The molecule has 0 spiro atoms. The Morgan fingerprint density at radius 3 is 2.12 bits per heavy atom. The summed E-state index contributed by atoms with van der Waals surface area (Å²) >= 11 is 8.10. The summed E-state index contributed by atoms with van der Waals surface area (Å²) in [5.74, 6) is 0.469. The number of carbonyl (C=O) groups excluding carboxylic acids is 2. The molecule has 0 aromatic rings. The van der Waals surface area contributed by atoms with Gasteiger partial charge in [-0.2, -0.15) is 25.3 Å². The van der Waals surface area contributed by atoms with E-state index in [1.807, 2.05) is 0 Å². The number of hydrogen-bond donors (Lipinski definition) is 5. The molecule has 5 nitrogen and oxygen atoms in total. The van der Waals surface area contributed by atoms with Gasteiger partial charge in [0, 0.05) is 12.8 Å². The van der Waals surface area contributed by atoms with E-state index < -0.39 is 12.1 Å². The van der Waals surface area contributed by atoms with Gasteiger partial charge in [-0.15, -0.1) is 0 Å². The maximum absolute atomic E-state index is 11.7. The first-order chi connectivity index (χ1) is 7.60. The van der Waals surface area contributed by atoms with Crippen LogP contribution < -0.4 is 16.0 Å². The van der Waals surface area contributed by atoms with Crippen LogP contribution in [0, 0.1) is 0 Å². The van der Waals surface area contributed by atoms with Gasteiger partial charge in [-0.25, -0.2) is 0 Å². The van der Waals surface area contributed by atoms with Crippen molar-refractivity contribution < 1.29 is 9.59 Å². The Balaban J connectivity index is 4.38. The quantitative estimate of drug-likeness (QED) is 0.386. The van der Waals surface area contributed by atoms with E-state index in [1.54, 1.807) is 7.05 Å². The molecule has 0 saturated carbocycles. The lowest BCUT2D eigenvalue weighted by atomic mass is 10.2. The summed E-state index contributed by atoms with van der Waals surface area (Å²) < 4.78 is 0. The molecule has 0 saturated heterocycles. The highest BCUT2D eigenvalue weighted by Crippen LogP contribution is 1.97. The molecule has 2 atom stereocenters. The van der Waals surface area contributed by atoms with Gasteiger partial charge < -0.3 is 16.0 Å². The minimum atomic E-state index is -0.536. The summed E-state index contributed by atoms with van der Waals surface area (Å²) in [6.07, 6.45) is 0.498. The van der Waals surface area contributed by atoms with Crippen molar-refractivity contribution in [3.63, 3.8) is 0 Å². The maximum atomic E-state index is 11.7. The molecule has 94 valence electrons. The second-order valence-corrected chi connectivity index (χ2v) is 4.02. The Morgan fingerprint density at radius 2 is 1.75 bits per heavy atom. The highest BCUT2D eigenvalue weighted by molar-refractivity contribution is 7.80. The van der Waals surface area contributed by atoms with Crippen LogP contribution in [-0.4, -0.2) is 49.5 Å². The lowest BCUT2D eigenvalue weighted by molar-refractivity contribution is -0.129. The van der Waals surface area contributed by atoms with Crippen LogP contribution in [0.2, 0.25) is 0 Å². The van der Waals surface area contributed by atoms with Crippen molar-refractivity contribution in [3.8, 4) is 0 Å². The van der Waals surface area contributed by atoms with Gasteiger partial charge in [0.05, 0.1) is 6.04 Å². The van der Waals surface area contributed by atoms with Crippen LogP contribution in [0.3, 0.4) is 0 Å². The standard InChI is InChI=1S/C9H19N3O2S2/c1-10-7(5-16)9(14)12-6(3-4-15)8(13)11-2/h6-7,10,15-16H,3-5H2,1-2H3,(H,11,13)(H,12,14)/t6-,7-/m1/s1. The molecule has 3 N–H and O–H groups in total. The van der Waals surface area contributed by atoms with Gasteiger partial charge in [-0.1, -0.05) is 0 Å². The minimum Gasteiger partial charge on any atom is -0.357 e. The SMILES string of the molecule is CNC(=O)[C@@H](CCS)NC(=O)[C@@H](CS)NC. The molecule has 0 radical (unpaired) electrons. The van der Waals surface area contributed by atoms with Crippen molar-refractivity contribution in [1.82, 2.24) is 16.0 Å². The molecule has 0 aliphatic rings. The second kappa shape index (κ2) is 8.72. The lowest BCUT2D eigenvalue weighted by Gasteiger charge is -2.20. The van der Waals surface area contributed by atoms with E-state index in [9.17, 15) is 9.59 Å². The molecule has 2 amide bonds. The van der Waals surface area contributed by atoms with E-state index >= 15 is 0 Å². The lowest BCUT2D eigenvalue weighted by Crippen LogP contribution is -2.52. The molecule has 0 rings (SSSR count). The number of thiol groups is 2. The number of carbonyl (C=O) groups is 2. The summed E-state index contributed by atoms with van der Waals surface area (Å²) in [7, 11) is 3.21. The highest BCUT2D eigenvalue weighted by Gasteiger charge is 2.22. The summed E-state index contributed by atoms with van der Waals surface area (Å²) in [4.78, 5) is 23.1. The van der Waals surface area contributed by atoms with Crippen LogP contribution in [0.4, 0.5) is 0 Å². The number of hydrogen-bond acceptors (Lipinski definition) is 5. The van der Waals surface area contributed by atoms with Gasteiger partial charge >= 0.3 is 0 Å². The second-order valence-electron chi connectivity index (χ2n) is 3.21. The summed E-state index contributed by atoms with van der Waals surface area (Å²) in [5, 5.41) is 7.98. The third kappa shape index (κ3) is 5.09. The third-order valence-corrected chi connectivity index (χ3v) is 2.77. The van der Waals surface area contributed by atoms with Crippen LogP contribution in [0.1, 0.15) is 6.42 Å². The fourth-order valence-electron chi connectivity index (χ4n) is 1.15. The molecular formula is C9H19N3O2S2. The van der Waals surface area contributed by atoms with Crippen molar-refractivity contribution in [2.45, 2.75) is 18.5 Å². The van der Waals surface area contributed by atoms with Gasteiger partial charge in [-0.05, 0) is 19.2 Å². The van der Waals surface area contributed by atoms with Gasteiger partial charge in [0.25, 0.3) is 0 Å². The van der Waals surface area contributed by atoms with Gasteiger partial charge in [0.1, 0.15) is 6.04 Å². The molecule has 0 aliphatic heterocycles. The minimum absolute atomic E-state index is 0.212. The smallest absolute Gasteiger partial charge is 0.242 e. The fourth-order valence-corrected chi connectivity index (χ4v) is 1.76. The molecule has 7 heteroatoms. The molecule has 0 aliphatic carbocycles. The zero-order valence-electron chi connectivity index (χ0n) is 9.49. The van der Waals surface area contributed by atoms with Gasteiger partial charge in [0.2, 0.25) is 11.8 Å². The first-order valence-electron chi connectivity index (χ1n) is 5.01. The van der Waals surface area contributed by atoms with E-state index in [0.29, 0.717) is 17.9 Å². The largest absolute Gasteiger partial charge is 0.357 e. The molecule has 0 aromatic carbocycles. The fraction of sp³-hybridized carbons (Fsp3) is 0.778. The van der Waals surface area contributed by atoms with E-state index in [2.05, 4.69) is 41.2 Å². The first-order valence-corrected chi connectivity index (χ1v) is 6.28. The molecule has 0 heterocycles. The number of nitrogens with one attached hydrogen (secondary N) is 3. The predicted octanol–water partition coefficient (Wildman–Crippen LogP) is -0.945. The summed E-state index contributed by atoms with van der Waals surface area (Å²) in [5.41, 5.74) is 0. The van der Waals surface area contributed by atoms with E-state index in [0.717, 1.165) is 0 Å². The van der Waals surface area contributed by atoms with E-state index in [1.165, 1.54) is 7.05 Å². The number of rotatable bonds is 7. The monoisotopic (exact) mass is 265 g/mol. The molecule has 16 heavy (non-hydrogen) atoms. The van der Waals surface area contributed by atoms with Crippen LogP contribution in [0.25, 0.3) is 0 Å². The molecule has 0 unspecified atom stereocenters. The van der Waals surface area contributed by atoms with Crippen molar-refractivity contribution in [2.24, 2.45) is 0 Å². The first kappa shape index (κ1) is 15.6. The Kier molecular flexibility index (Phi) is 8.50. The molecule has 0 fully saturated rings. The zero-order valence-corrected chi connectivity index (χ0v) is 11.3. The normalized spacial score (nSPS) is 14.0. The number of likely N-dealkylation sites (N-methyl/N-ethyl adjacent to an activating group) is 2. The molecule has 0 bridgehead atoms. The average molecular weight is 265 g/mol. The van der Waals surface area contributed by atoms with Crippen molar-refractivity contribution in [1.29, 1.82) is 0 Å². The van der Waals surface area contributed by atoms with Crippen molar-refractivity contribution in [2.75, 3.05) is 25.6 Å². The van der Waals surface area contributed by atoms with Gasteiger partial charge in [-0.3, -0.25) is 9.59 Å². The van der Waals surface area contributed by atoms with Crippen LogP contribution >= 0.6 is 25.3 Å². The molecular weight excluding hydrogens is 246 g/mol. The Hall–Kier alpha value is -0.400. The van der Waals surface area contributed by atoms with Crippen LogP contribution in [0.5, 0.6) is 0 Å². The van der Waals surface area contributed by atoms with Crippen molar-refractivity contribution in [3.05, 3.63) is 0 Å². The highest BCUT2D eigenvalue weighted by atomic mass is 32.1. The Labute approximate surface area is 107 Å². The third-order valence-electron chi connectivity index (χ3n) is 2.14. The zero-order chi connectivity index (χ0) is 12.6. The predicted molar refractivity (Wildman–Crippen MR) is 71.2 cm³/mol. The van der Waals surface area contributed by atoms with Crippen LogP contribution in [-0.2, 0) is 9.59 Å². The summed E-state index contributed by atoms with van der Waals surface area (Å²) in [6, 6.07) is -0.929. The Morgan fingerprint density at radius 1 is 1.12 bits per heavy atom. The summed E-state index contributed by atoms with van der Waals surface area (Å²) in [6.45, 7) is 0. The topological polar surface area (TPSA) is 70.2 Å². The Bertz CT molecular complexity index is 235. The van der Waals surface area contributed by atoms with Crippen LogP contribution in [0.15, 0.2) is 0 Å². The van der Waals surface area contributed by atoms with Crippen molar-refractivity contribution >= 4 is 37.1 Å². The van der Waals surface area contributed by atoms with E-state index in [-0.39, 0.29) is 11.8 Å².